The quantitative estimate of drug-likeness (QED) is 0.749. The van der Waals surface area contributed by atoms with Gasteiger partial charge in [-0.15, -0.1) is 0 Å². The Balaban J connectivity index is 2.35. The molecule has 0 atom stereocenters. The number of methoxy groups -OCH3 is 4. The van der Waals surface area contributed by atoms with Crippen LogP contribution in [0.1, 0.15) is 0 Å². The molecule has 0 bridgehead atoms. The highest BCUT2D eigenvalue weighted by Gasteiger charge is 2.21. The molecule has 0 unspecified atom stereocenters. The topological polar surface area (TPSA) is 87.4 Å². The molecule has 136 valence electrons. The van der Waals surface area contributed by atoms with Crippen LogP contribution >= 0.6 is 0 Å². The average Bonchev–Trinajstić information content (AvgIpc) is 2.66. The third kappa shape index (κ3) is 2.77. The fourth-order valence-corrected chi connectivity index (χ4v) is 2.73. The van der Waals surface area contributed by atoms with E-state index in [1.807, 2.05) is 0 Å². The van der Waals surface area contributed by atoms with Gasteiger partial charge < -0.3 is 28.5 Å². The molecular formula is C19H18O7. The Labute approximate surface area is 149 Å². The fraction of sp³-hybridized carbons (Fsp3) is 0.211. The van der Waals surface area contributed by atoms with Crippen molar-refractivity contribution in [2.75, 3.05) is 28.4 Å². The molecule has 2 aromatic carbocycles. The van der Waals surface area contributed by atoms with E-state index in [-0.39, 0.29) is 28.2 Å². The number of ether oxygens (including phenoxy) is 4. The van der Waals surface area contributed by atoms with Crippen LogP contribution in [0.4, 0.5) is 0 Å². The van der Waals surface area contributed by atoms with Crippen molar-refractivity contribution < 1.29 is 28.5 Å². The summed E-state index contributed by atoms with van der Waals surface area (Å²) in [5.74, 6) is 1.20. The van der Waals surface area contributed by atoms with Crippen LogP contribution in [-0.2, 0) is 0 Å². The highest BCUT2D eigenvalue weighted by molar-refractivity contribution is 5.88. The van der Waals surface area contributed by atoms with Gasteiger partial charge in [0, 0.05) is 17.7 Å². The largest absolute Gasteiger partial charge is 0.504 e. The van der Waals surface area contributed by atoms with E-state index in [0.29, 0.717) is 22.8 Å². The van der Waals surface area contributed by atoms with Crippen LogP contribution in [0.25, 0.3) is 22.3 Å². The van der Waals surface area contributed by atoms with Crippen LogP contribution < -0.4 is 24.4 Å². The third-order valence-corrected chi connectivity index (χ3v) is 3.99. The van der Waals surface area contributed by atoms with E-state index in [1.165, 1.54) is 34.5 Å². The molecule has 3 rings (SSSR count). The molecule has 0 aliphatic heterocycles. The first-order chi connectivity index (χ1) is 12.5. The number of hydrogen-bond donors (Lipinski definition) is 1. The first kappa shape index (κ1) is 17.5. The molecule has 7 nitrogen and oxygen atoms in total. The summed E-state index contributed by atoms with van der Waals surface area (Å²) >= 11 is 0. The summed E-state index contributed by atoms with van der Waals surface area (Å²) in [7, 11) is 5.78. The van der Waals surface area contributed by atoms with Gasteiger partial charge in [0.25, 0.3) is 0 Å². The molecule has 0 saturated heterocycles. The summed E-state index contributed by atoms with van der Waals surface area (Å²) < 4.78 is 26.8. The van der Waals surface area contributed by atoms with Gasteiger partial charge in [0.05, 0.1) is 28.4 Å². The van der Waals surface area contributed by atoms with E-state index in [2.05, 4.69) is 0 Å². The maximum absolute atomic E-state index is 12.9. The lowest BCUT2D eigenvalue weighted by Gasteiger charge is -2.13. The molecule has 0 aliphatic rings. The number of aromatic hydroxyl groups is 1. The van der Waals surface area contributed by atoms with E-state index in [4.69, 9.17) is 23.4 Å². The van der Waals surface area contributed by atoms with E-state index in [0.717, 1.165) is 0 Å². The van der Waals surface area contributed by atoms with E-state index < -0.39 is 5.43 Å². The minimum atomic E-state index is -0.390. The summed E-state index contributed by atoms with van der Waals surface area (Å²) in [5.41, 5.74) is 0.344. The number of benzene rings is 2. The Morgan fingerprint density at radius 1 is 0.885 bits per heavy atom. The molecule has 0 spiro atoms. The number of hydrogen-bond acceptors (Lipinski definition) is 7. The lowest BCUT2D eigenvalue weighted by molar-refractivity contribution is 0.373. The van der Waals surface area contributed by atoms with Gasteiger partial charge in [-0.3, -0.25) is 4.79 Å². The van der Waals surface area contributed by atoms with Crippen molar-refractivity contribution in [2.45, 2.75) is 0 Å². The highest BCUT2D eigenvalue weighted by Crippen LogP contribution is 2.38. The molecule has 0 fully saturated rings. The summed E-state index contributed by atoms with van der Waals surface area (Å²) in [6.45, 7) is 0. The fourth-order valence-electron chi connectivity index (χ4n) is 2.73. The Morgan fingerprint density at radius 3 is 2.19 bits per heavy atom. The number of fused-ring (bicyclic) bond motifs is 1. The van der Waals surface area contributed by atoms with Gasteiger partial charge in [-0.1, -0.05) is 0 Å². The van der Waals surface area contributed by atoms with Crippen molar-refractivity contribution in [3.8, 4) is 40.1 Å². The Bertz CT molecular complexity index is 1020. The van der Waals surface area contributed by atoms with Crippen LogP contribution in [0.15, 0.2) is 39.5 Å². The van der Waals surface area contributed by atoms with Crippen LogP contribution in [0.3, 0.4) is 0 Å². The van der Waals surface area contributed by atoms with E-state index in [1.54, 1.807) is 24.3 Å². The zero-order valence-electron chi connectivity index (χ0n) is 14.8. The lowest BCUT2D eigenvalue weighted by Crippen LogP contribution is -2.09. The van der Waals surface area contributed by atoms with Gasteiger partial charge in [0.1, 0.15) is 22.5 Å². The molecule has 1 aromatic heterocycles. The summed E-state index contributed by atoms with van der Waals surface area (Å²) in [5, 5.41) is 10.3. The van der Waals surface area contributed by atoms with Crippen molar-refractivity contribution in [2.24, 2.45) is 0 Å². The molecule has 3 aromatic rings. The summed E-state index contributed by atoms with van der Waals surface area (Å²) in [6, 6.07) is 7.84. The molecule has 0 amide bonds. The summed E-state index contributed by atoms with van der Waals surface area (Å²) in [6.07, 6.45) is 0. The SMILES string of the molecule is COc1cc(OC)c2c(=O)c(OC)c(-c3ccc(OC)c(O)c3)oc2c1. The number of phenolic OH excluding ortho intramolecular Hbond substituents is 1. The van der Waals surface area contributed by atoms with Crippen LogP contribution in [0, 0.1) is 0 Å². The normalized spacial score (nSPS) is 10.6. The monoisotopic (exact) mass is 358 g/mol. The first-order valence-electron chi connectivity index (χ1n) is 7.68. The van der Waals surface area contributed by atoms with Crippen molar-refractivity contribution in [1.82, 2.24) is 0 Å². The molecule has 0 radical (unpaired) electrons. The molecule has 1 N–H and O–H groups in total. The van der Waals surface area contributed by atoms with Gasteiger partial charge in [-0.2, -0.15) is 0 Å². The zero-order valence-corrected chi connectivity index (χ0v) is 14.8. The van der Waals surface area contributed by atoms with Crippen LogP contribution in [0.2, 0.25) is 0 Å². The molecule has 0 saturated carbocycles. The average molecular weight is 358 g/mol. The second-order valence-corrected chi connectivity index (χ2v) is 5.38. The van der Waals surface area contributed by atoms with Crippen molar-refractivity contribution in [3.63, 3.8) is 0 Å². The minimum Gasteiger partial charge on any atom is -0.504 e. The van der Waals surface area contributed by atoms with E-state index in [9.17, 15) is 9.90 Å². The molecule has 0 aliphatic carbocycles. The maximum atomic E-state index is 12.9. The zero-order chi connectivity index (χ0) is 18.8. The molecule has 1 heterocycles. The minimum absolute atomic E-state index is 0.00512. The Kier molecular flexibility index (Phi) is 4.62. The standard InChI is InChI=1S/C19H18O7/c1-22-11-8-14(24-3)16-15(9-11)26-18(19(25-4)17(16)21)10-5-6-13(23-2)12(20)7-10/h5-9,20H,1-4H3. The second kappa shape index (κ2) is 6.87. The predicted molar refractivity (Wildman–Crippen MR) is 95.8 cm³/mol. The first-order valence-corrected chi connectivity index (χ1v) is 7.68. The van der Waals surface area contributed by atoms with Gasteiger partial charge in [-0.05, 0) is 18.2 Å². The highest BCUT2D eigenvalue weighted by atomic mass is 16.5. The van der Waals surface area contributed by atoms with Crippen molar-refractivity contribution >= 4 is 11.0 Å². The van der Waals surface area contributed by atoms with Crippen LogP contribution in [0.5, 0.6) is 28.7 Å². The smallest absolute Gasteiger partial charge is 0.239 e. The Hall–Kier alpha value is -3.35. The second-order valence-electron chi connectivity index (χ2n) is 5.38. The third-order valence-electron chi connectivity index (χ3n) is 3.99. The summed E-state index contributed by atoms with van der Waals surface area (Å²) in [4.78, 5) is 12.9. The van der Waals surface area contributed by atoms with Crippen molar-refractivity contribution in [3.05, 3.63) is 40.6 Å². The number of rotatable bonds is 5. The lowest BCUT2D eigenvalue weighted by atomic mass is 10.1. The number of phenols is 1. The molecular weight excluding hydrogens is 340 g/mol. The molecule has 7 heteroatoms. The van der Waals surface area contributed by atoms with Gasteiger partial charge in [-0.25, -0.2) is 0 Å². The molecule has 26 heavy (non-hydrogen) atoms. The van der Waals surface area contributed by atoms with Gasteiger partial charge >= 0.3 is 0 Å². The Morgan fingerprint density at radius 2 is 1.62 bits per heavy atom. The van der Waals surface area contributed by atoms with Crippen molar-refractivity contribution in [1.29, 1.82) is 0 Å². The van der Waals surface area contributed by atoms with Gasteiger partial charge in [0.2, 0.25) is 11.2 Å². The maximum Gasteiger partial charge on any atom is 0.239 e. The van der Waals surface area contributed by atoms with Crippen LogP contribution in [-0.4, -0.2) is 33.5 Å². The van der Waals surface area contributed by atoms with Gasteiger partial charge in [0.15, 0.2) is 17.3 Å². The van der Waals surface area contributed by atoms with E-state index >= 15 is 0 Å². The predicted octanol–water partition coefficient (Wildman–Crippen LogP) is 3.20.